The molecule has 0 rings (SSSR count). The fourth-order valence-electron chi connectivity index (χ4n) is 1.56. The molecule has 0 atom stereocenters. The van der Waals surface area contributed by atoms with Crippen molar-refractivity contribution in [2.45, 2.75) is 66.7 Å². The number of hydrogen-bond donors (Lipinski definition) is 0. The van der Waals surface area contributed by atoms with Crippen LogP contribution in [0.1, 0.15) is 66.7 Å². The molecule has 0 fully saturated rings. The first kappa shape index (κ1) is 17.1. The molecule has 0 aromatic carbocycles. The minimum absolute atomic E-state index is 0.00707. The Balaban J connectivity index is 4.16. The van der Waals surface area contributed by atoms with E-state index in [4.69, 9.17) is 4.74 Å². The maximum atomic E-state index is 12.0. The van der Waals surface area contributed by atoms with Crippen LogP contribution in [-0.4, -0.2) is 18.4 Å². The monoisotopic (exact) mass is 256 g/mol. The van der Waals surface area contributed by atoms with Crippen LogP contribution in [0.2, 0.25) is 0 Å². The highest BCUT2D eigenvalue weighted by molar-refractivity contribution is 6.02. The van der Waals surface area contributed by atoms with Gasteiger partial charge < -0.3 is 4.74 Å². The summed E-state index contributed by atoms with van der Waals surface area (Å²) < 4.78 is 5.16. The van der Waals surface area contributed by atoms with Gasteiger partial charge >= 0.3 is 5.97 Å². The number of Topliss-reactive ketones (excluding diaryl/α,β-unsaturated/α-hetero) is 1. The van der Waals surface area contributed by atoms with Crippen molar-refractivity contribution >= 4 is 11.8 Å². The standard InChI is InChI=1S/C15H28O3/c1-6-7-8-9-10-13(16)15(4,5)14(17)18-11-12(2)3/h12H,6-11H2,1-5H3. The molecule has 18 heavy (non-hydrogen) atoms. The number of ketones is 1. The van der Waals surface area contributed by atoms with E-state index in [0.717, 1.165) is 25.7 Å². The molecule has 0 aromatic rings. The van der Waals surface area contributed by atoms with E-state index in [-0.39, 0.29) is 5.78 Å². The molecule has 0 heterocycles. The van der Waals surface area contributed by atoms with Gasteiger partial charge in [0.15, 0.2) is 0 Å². The molecular formula is C15H28O3. The second-order valence-corrected chi connectivity index (χ2v) is 5.85. The predicted octanol–water partition coefficient (Wildman–Crippen LogP) is 3.75. The molecule has 3 nitrogen and oxygen atoms in total. The quantitative estimate of drug-likeness (QED) is 0.358. The van der Waals surface area contributed by atoms with Crippen LogP contribution >= 0.6 is 0 Å². The van der Waals surface area contributed by atoms with Crippen molar-refractivity contribution in [3.05, 3.63) is 0 Å². The Hall–Kier alpha value is -0.860. The molecule has 0 N–H and O–H groups in total. The zero-order valence-electron chi connectivity index (χ0n) is 12.5. The predicted molar refractivity (Wildman–Crippen MR) is 73.3 cm³/mol. The fourth-order valence-corrected chi connectivity index (χ4v) is 1.56. The molecule has 0 bridgehead atoms. The highest BCUT2D eigenvalue weighted by atomic mass is 16.5. The maximum Gasteiger partial charge on any atom is 0.319 e. The van der Waals surface area contributed by atoms with Gasteiger partial charge in [-0.05, 0) is 26.2 Å². The largest absolute Gasteiger partial charge is 0.465 e. The average Bonchev–Trinajstić information content (AvgIpc) is 2.30. The summed E-state index contributed by atoms with van der Waals surface area (Å²) in [7, 11) is 0. The summed E-state index contributed by atoms with van der Waals surface area (Å²) in [5.41, 5.74) is -0.999. The third-order valence-electron chi connectivity index (χ3n) is 3.01. The summed E-state index contributed by atoms with van der Waals surface area (Å²) in [6.45, 7) is 9.80. The first-order valence-corrected chi connectivity index (χ1v) is 7.02. The van der Waals surface area contributed by atoms with E-state index in [2.05, 4.69) is 6.92 Å². The van der Waals surface area contributed by atoms with Gasteiger partial charge in [0.1, 0.15) is 11.2 Å². The maximum absolute atomic E-state index is 12.0. The summed E-state index contributed by atoms with van der Waals surface area (Å²) in [6.07, 6.45) is 4.69. The number of rotatable bonds is 9. The van der Waals surface area contributed by atoms with E-state index < -0.39 is 11.4 Å². The highest BCUT2D eigenvalue weighted by Crippen LogP contribution is 2.22. The van der Waals surface area contributed by atoms with Gasteiger partial charge in [-0.2, -0.15) is 0 Å². The van der Waals surface area contributed by atoms with Crippen molar-refractivity contribution in [3.8, 4) is 0 Å². The highest BCUT2D eigenvalue weighted by Gasteiger charge is 2.36. The van der Waals surface area contributed by atoms with Gasteiger partial charge in [0.25, 0.3) is 0 Å². The SMILES string of the molecule is CCCCCCC(=O)C(C)(C)C(=O)OCC(C)C. The number of esters is 1. The minimum atomic E-state index is -0.999. The molecule has 0 aromatic heterocycles. The molecule has 106 valence electrons. The van der Waals surface area contributed by atoms with Gasteiger partial charge in [-0.15, -0.1) is 0 Å². The Kier molecular flexibility index (Phi) is 7.88. The van der Waals surface area contributed by atoms with E-state index in [1.165, 1.54) is 0 Å². The number of carbonyl (C=O) groups excluding carboxylic acids is 2. The summed E-state index contributed by atoms with van der Waals surface area (Å²) in [5.74, 6) is -0.103. The van der Waals surface area contributed by atoms with Gasteiger partial charge in [-0.25, -0.2) is 0 Å². The molecule has 0 aliphatic carbocycles. The van der Waals surface area contributed by atoms with Crippen LogP contribution in [-0.2, 0) is 14.3 Å². The number of carbonyl (C=O) groups is 2. The van der Waals surface area contributed by atoms with Crippen LogP contribution in [0.25, 0.3) is 0 Å². The van der Waals surface area contributed by atoms with Gasteiger partial charge in [0.05, 0.1) is 6.61 Å². The summed E-state index contributed by atoms with van der Waals surface area (Å²) in [5, 5.41) is 0. The van der Waals surface area contributed by atoms with Crippen molar-refractivity contribution in [3.63, 3.8) is 0 Å². The van der Waals surface area contributed by atoms with Crippen LogP contribution in [0.4, 0.5) is 0 Å². The third kappa shape index (κ3) is 6.18. The van der Waals surface area contributed by atoms with Gasteiger partial charge in [0, 0.05) is 6.42 Å². The van der Waals surface area contributed by atoms with Gasteiger partial charge in [-0.1, -0.05) is 40.0 Å². The molecule has 0 saturated heterocycles. The van der Waals surface area contributed by atoms with Gasteiger partial charge in [0.2, 0.25) is 0 Å². The fraction of sp³-hybridized carbons (Fsp3) is 0.867. The topological polar surface area (TPSA) is 43.4 Å². The molecular weight excluding hydrogens is 228 g/mol. The lowest BCUT2D eigenvalue weighted by Crippen LogP contribution is -2.35. The Bertz CT molecular complexity index is 267. The molecule has 0 aliphatic rings. The summed E-state index contributed by atoms with van der Waals surface area (Å²) in [6, 6.07) is 0. The lowest BCUT2D eigenvalue weighted by molar-refractivity contribution is -0.159. The van der Waals surface area contributed by atoms with Crippen molar-refractivity contribution in [1.29, 1.82) is 0 Å². The van der Waals surface area contributed by atoms with Crippen molar-refractivity contribution < 1.29 is 14.3 Å². The first-order chi connectivity index (χ1) is 8.32. The van der Waals surface area contributed by atoms with E-state index in [0.29, 0.717) is 18.9 Å². The smallest absolute Gasteiger partial charge is 0.319 e. The third-order valence-corrected chi connectivity index (χ3v) is 3.01. The Morgan fingerprint density at radius 1 is 1.11 bits per heavy atom. The molecule has 0 radical (unpaired) electrons. The zero-order valence-corrected chi connectivity index (χ0v) is 12.5. The molecule has 0 aliphatic heterocycles. The van der Waals surface area contributed by atoms with Crippen LogP contribution in [0.5, 0.6) is 0 Å². The van der Waals surface area contributed by atoms with Crippen molar-refractivity contribution in [1.82, 2.24) is 0 Å². The lowest BCUT2D eigenvalue weighted by Gasteiger charge is -2.21. The zero-order chi connectivity index (χ0) is 14.2. The lowest BCUT2D eigenvalue weighted by atomic mass is 9.85. The van der Waals surface area contributed by atoms with Gasteiger partial charge in [-0.3, -0.25) is 9.59 Å². The molecule has 0 spiro atoms. The summed E-state index contributed by atoms with van der Waals surface area (Å²) in [4.78, 5) is 23.9. The van der Waals surface area contributed by atoms with Crippen LogP contribution < -0.4 is 0 Å². The Morgan fingerprint density at radius 3 is 2.22 bits per heavy atom. The normalized spacial score (nSPS) is 11.7. The number of unbranched alkanes of at least 4 members (excludes halogenated alkanes) is 3. The first-order valence-electron chi connectivity index (χ1n) is 7.02. The Morgan fingerprint density at radius 2 is 1.72 bits per heavy atom. The minimum Gasteiger partial charge on any atom is -0.465 e. The van der Waals surface area contributed by atoms with Crippen molar-refractivity contribution in [2.75, 3.05) is 6.61 Å². The molecule has 0 amide bonds. The number of hydrogen-bond acceptors (Lipinski definition) is 3. The molecule has 0 saturated carbocycles. The van der Waals surface area contributed by atoms with E-state index in [9.17, 15) is 9.59 Å². The number of ether oxygens (including phenoxy) is 1. The van der Waals surface area contributed by atoms with Crippen molar-refractivity contribution in [2.24, 2.45) is 11.3 Å². The van der Waals surface area contributed by atoms with Crippen LogP contribution in [0.3, 0.4) is 0 Å². The summed E-state index contributed by atoms with van der Waals surface area (Å²) >= 11 is 0. The van der Waals surface area contributed by atoms with Crippen LogP contribution in [0, 0.1) is 11.3 Å². The second-order valence-electron chi connectivity index (χ2n) is 5.85. The van der Waals surface area contributed by atoms with E-state index in [1.807, 2.05) is 13.8 Å². The second kappa shape index (κ2) is 8.28. The molecule has 0 unspecified atom stereocenters. The van der Waals surface area contributed by atoms with Crippen LogP contribution in [0.15, 0.2) is 0 Å². The van der Waals surface area contributed by atoms with E-state index >= 15 is 0 Å². The average molecular weight is 256 g/mol. The Labute approximate surface area is 111 Å². The van der Waals surface area contributed by atoms with E-state index in [1.54, 1.807) is 13.8 Å². The molecule has 3 heteroatoms.